The number of hydrogen-bond donors (Lipinski definition) is 1. The average Bonchev–Trinajstić information content (AvgIpc) is 2.89. The van der Waals surface area contributed by atoms with Crippen LogP contribution in [0.1, 0.15) is 43.7 Å². The van der Waals surface area contributed by atoms with Crippen LogP contribution in [0.5, 0.6) is 0 Å². The fourth-order valence-corrected chi connectivity index (χ4v) is 2.09. The van der Waals surface area contributed by atoms with Crippen LogP contribution >= 0.6 is 0 Å². The highest BCUT2D eigenvalue weighted by Gasteiger charge is 2.15. The molecule has 2 aromatic rings. The first-order valence-corrected chi connectivity index (χ1v) is 6.25. The molecule has 96 valence electrons. The van der Waals surface area contributed by atoms with E-state index in [4.69, 9.17) is 4.42 Å². The SMILES string of the molecule is CCC(NC(C)c1ccco1)c1cccc(F)c1. The molecule has 0 spiro atoms. The molecule has 0 fully saturated rings. The smallest absolute Gasteiger partial charge is 0.123 e. The summed E-state index contributed by atoms with van der Waals surface area (Å²) < 4.78 is 18.6. The quantitative estimate of drug-likeness (QED) is 0.855. The number of hydrogen-bond acceptors (Lipinski definition) is 2. The molecule has 1 aromatic carbocycles. The van der Waals surface area contributed by atoms with Gasteiger partial charge >= 0.3 is 0 Å². The Hall–Kier alpha value is -1.61. The summed E-state index contributed by atoms with van der Waals surface area (Å²) in [5.41, 5.74) is 0.968. The topological polar surface area (TPSA) is 25.2 Å². The van der Waals surface area contributed by atoms with Crippen molar-refractivity contribution in [3.05, 3.63) is 59.8 Å². The van der Waals surface area contributed by atoms with Gasteiger partial charge in [0.2, 0.25) is 0 Å². The van der Waals surface area contributed by atoms with Gasteiger partial charge in [0.15, 0.2) is 0 Å². The maximum Gasteiger partial charge on any atom is 0.123 e. The predicted octanol–water partition coefficient (Wildman–Crippen LogP) is 4.22. The first kappa shape index (κ1) is 12.8. The second-order valence-electron chi connectivity index (χ2n) is 4.42. The average molecular weight is 247 g/mol. The van der Waals surface area contributed by atoms with E-state index in [0.717, 1.165) is 17.7 Å². The highest BCUT2D eigenvalue weighted by molar-refractivity contribution is 5.20. The summed E-state index contributed by atoms with van der Waals surface area (Å²) in [5.74, 6) is 0.697. The van der Waals surface area contributed by atoms with Gasteiger partial charge in [-0.2, -0.15) is 0 Å². The lowest BCUT2D eigenvalue weighted by molar-refractivity contribution is 0.386. The molecule has 18 heavy (non-hydrogen) atoms. The third kappa shape index (κ3) is 2.99. The van der Waals surface area contributed by atoms with Crippen molar-refractivity contribution in [3.63, 3.8) is 0 Å². The van der Waals surface area contributed by atoms with Gasteiger partial charge in [-0.3, -0.25) is 0 Å². The third-order valence-corrected chi connectivity index (χ3v) is 3.08. The molecule has 3 heteroatoms. The standard InChI is InChI=1S/C15H18FNO/c1-3-14(12-6-4-7-13(16)10-12)17-11(2)15-8-5-9-18-15/h4-11,14,17H,3H2,1-2H3. The van der Waals surface area contributed by atoms with Crippen LogP contribution in [0.2, 0.25) is 0 Å². The highest BCUT2D eigenvalue weighted by Crippen LogP contribution is 2.22. The molecule has 0 saturated heterocycles. The van der Waals surface area contributed by atoms with E-state index < -0.39 is 0 Å². The van der Waals surface area contributed by atoms with E-state index in [-0.39, 0.29) is 17.9 Å². The fraction of sp³-hybridized carbons (Fsp3) is 0.333. The van der Waals surface area contributed by atoms with Crippen LogP contribution in [0.15, 0.2) is 47.1 Å². The van der Waals surface area contributed by atoms with Gasteiger partial charge in [0.1, 0.15) is 11.6 Å². The molecule has 2 nitrogen and oxygen atoms in total. The van der Waals surface area contributed by atoms with Crippen LogP contribution in [0, 0.1) is 5.82 Å². The normalized spacial score (nSPS) is 14.4. The largest absolute Gasteiger partial charge is 0.468 e. The number of benzene rings is 1. The van der Waals surface area contributed by atoms with Crippen LogP contribution in [-0.4, -0.2) is 0 Å². The van der Waals surface area contributed by atoms with Crippen LogP contribution in [0.25, 0.3) is 0 Å². The van der Waals surface area contributed by atoms with E-state index in [1.807, 2.05) is 25.1 Å². The van der Waals surface area contributed by atoms with Gasteiger partial charge in [0.05, 0.1) is 12.3 Å². The molecule has 2 unspecified atom stereocenters. The van der Waals surface area contributed by atoms with Gasteiger partial charge in [0, 0.05) is 6.04 Å². The zero-order valence-electron chi connectivity index (χ0n) is 10.7. The zero-order chi connectivity index (χ0) is 13.0. The minimum absolute atomic E-state index is 0.105. The molecule has 2 atom stereocenters. The van der Waals surface area contributed by atoms with E-state index in [2.05, 4.69) is 12.2 Å². The lowest BCUT2D eigenvalue weighted by Gasteiger charge is -2.21. The van der Waals surface area contributed by atoms with Gasteiger partial charge in [-0.25, -0.2) is 4.39 Å². The Labute approximate surface area is 107 Å². The molecule has 0 bridgehead atoms. The summed E-state index contributed by atoms with van der Waals surface area (Å²) in [6, 6.07) is 10.8. The molecule has 0 aliphatic carbocycles. The number of furan rings is 1. The number of rotatable bonds is 5. The van der Waals surface area contributed by atoms with Gasteiger partial charge in [-0.1, -0.05) is 19.1 Å². The molecule has 0 aliphatic rings. The van der Waals surface area contributed by atoms with E-state index in [1.165, 1.54) is 6.07 Å². The summed E-state index contributed by atoms with van der Waals surface area (Å²) in [6.07, 6.45) is 2.56. The second-order valence-corrected chi connectivity index (χ2v) is 4.42. The van der Waals surface area contributed by atoms with Crippen LogP contribution in [0.3, 0.4) is 0 Å². The van der Waals surface area contributed by atoms with Crippen LogP contribution in [-0.2, 0) is 0 Å². The van der Waals surface area contributed by atoms with E-state index >= 15 is 0 Å². The first-order valence-electron chi connectivity index (χ1n) is 6.25. The molecule has 0 aliphatic heterocycles. The van der Waals surface area contributed by atoms with Gasteiger partial charge in [-0.05, 0) is 43.2 Å². The number of halogens is 1. The Bertz CT molecular complexity index is 481. The van der Waals surface area contributed by atoms with Gasteiger partial charge in [0.25, 0.3) is 0 Å². The maximum atomic E-state index is 13.2. The summed E-state index contributed by atoms with van der Waals surface area (Å²) in [4.78, 5) is 0. The fourth-order valence-electron chi connectivity index (χ4n) is 2.09. The maximum absolute atomic E-state index is 13.2. The predicted molar refractivity (Wildman–Crippen MR) is 69.7 cm³/mol. The summed E-state index contributed by atoms with van der Waals surface area (Å²) in [7, 11) is 0. The molecular formula is C15H18FNO. The number of nitrogens with one attached hydrogen (secondary N) is 1. The monoisotopic (exact) mass is 247 g/mol. The van der Waals surface area contributed by atoms with Crippen molar-refractivity contribution in [2.24, 2.45) is 0 Å². The van der Waals surface area contributed by atoms with Crippen molar-refractivity contribution in [2.75, 3.05) is 0 Å². The van der Waals surface area contributed by atoms with Crippen molar-refractivity contribution in [2.45, 2.75) is 32.4 Å². The van der Waals surface area contributed by atoms with E-state index in [0.29, 0.717) is 0 Å². The van der Waals surface area contributed by atoms with Crippen molar-refractivity contribution < 1.29 is 8.81 Å². The second kappa shape index (κ2) is 5.83. The Morgan fingerprint density at radius 3 is 2.72 bits per heavy atom. The lowest BCUT2D eigenvalue weighted by atomic mass is 10.0. The van der Waals surface area contributed by atoms with E-state index in [1.54, 1.807) is 18.4 Å². The van der Waals surface area contributed by atoms with Crippen molar-refractivity contribution in [1.29, 1.82) is 0 Å². The molecule has 1 N–H and O–H groups in total. The molecule has 1 heterocycles. The minimum Gasteiger partial charge on any atom is -0.468 e. The van der Waals surface area contributed by atoms with Crippen LogP contribution < -0.4 is 5.32 Å². The highest BCUT2D eigenvalue weighted by atomic mass is 19.1. The first-order chi connectivity index (χ1) is 8.70. The van der Waals surface area contributed by atoms with Crippen LogP contribution in [0.4, 0.5) is 4.39 Å². The lowest BCUT2D eigenvalue weighted by Crippen LogP contribution is -2.24. The Morgan fingerprint density at radius 2 is 2.11 bits per heavy atom. The van der Waals surface area contributed by atoms with Crippen molar-refractivity contribution >= 4 is 0 Å². The molecule has 2 rings (SSSR count). The molecule has 1 aromatic heterocycles. The Morgan fingerprint density at radius 1 is 1.28 bits per heavy atom. The molecule has 0 amide bonds. The Kier molecular flexibility index (Phi) is 4.15. The third-order valence-electron chi connectivity index (χ3n) is 3.08. The molecular weight excluding hydrogens is 229 g/mol. The van der Waals surface area contributed by atoms with Crippen molar-refractivity contribution in [1.82, 2.24) is 5.32 Å². The minimum atomic E-state index is -0.196. The molecule has 0 radical (unpaired) electrons. The summed E-state index contributed by atoms with van der Waals surface area (Å²) in [5, 5.41) is 3.45. The Balaban J connectivity index is 2.10. The summed E-state index contributed by atoms with van der Waals surface area (Å²) in [6.45, 7) is 4.12. The summed E-state index contributed by atoms with van der Waals surface area (Å²) >= 11 is 0. The van der Waals surface area contributed by atoms with Gasteiger partial charge in [-0.15, -0.1) is 0 Å². The zero-order valence-corrected chi connectivity index (χ0v) is 10.7. The molecule has 0 saturated carbocycles. The van der Waals surface area contributed by atoms with E-state index in [9.17, 15) is 4.39 Å². The van der Waals surface area contributed by atoms with Gasteiger partial charge < -0.3 is 9.73 Å². The van der Waals surface area contributed by atoms with Crippen molar-refractivity contribution in [3.8, 4) is 0 Å².